The molecule has 1 aromatic heterocycles. The number of hydrogen-bond acceptors (Lipinski definition) is 4. The summed E-state index contributed by atoms with van der Waals surface area (Å²) in [6.45, 7) is -0.0624. The van der Waals surface area contributed by atoms with Crippen LogP contribution in [0, 0.1) is 4.78 Å². The molecule has 130 valence electrons. The molecule has 25 heavy (non-hydrogen) atoms. The van der Waals surface area contributed by atoms with Gasteiger partial charge in [0.2, 0.25) is 0 Å². The second kappa shape index (κ2) is 5.84. The number of aromatic nitrogens is 1. The van der Waals surface area contributed by atoms with E-state index in [9.17, 15) is 13.0 Å². The number of rotatable bonds is 3. The molecule has 0 saturated carbocycles. The van der Waals surface area contributed by atoms with Crippen LogP contribution in [0.1, 0.15) is 6.42 Å². The Balaban J connectivity index is 1.87. The molecule has 0 aliphatic carbocycles. The van der Waals surface area contributed by atoms with Crippen molar-refractivity contribution in [1.82, 2.24) is 4.98 Å². The third kappa shape index (κ3) is 3.00. The molecular weight excluding hydrogens is 344 g/mol. The van der Waals surface area contributed by atoms with E-state index in [0.29, 0.717) is 16.1 Å². The lowest BCUT2D eigenvalue weighted by Crippen LogP contribution is -2.25. The highest BCUT2D eigenvalue weighted by molar-refractivity contribution is 7.73. The molecule has 2 aromatic carbocycles. The lowest BCUT2D eigenvalue weighted by atomic mass is 10.1. The third-order valence-corrected chi connectivity index (χ3v) is 5.19. The Morgan fingerprint density at radius 2 is 1.96 bits per heavy atom. The summed E-state index contributed by atoms with van der Waals surface area (Å²) in [6.07, 6.45) is -0.175. The Bertz CT molecular complexity index is 985. The van der Waals surface area contributed by atoms with Crippen molar-refractivity contribution < 1.29 is 13.0 Å². The van der Waals surface area contributed by atoms with E-state index < -0.39 is 16.5 Å². The van der Waals surface area contributed by atoms with Crippen LogP contribution in [0.2, 0.25) is 0 Å². The Hall–Kier alpha value is -2.41. The number of nitrogens with zero attached hydrogens (tertiary/aromatic N) is 1. The van der Waals surface area contributed by atoms with Crippen LogP contribution in [0.4, 0.5) is 14.5 Å². The zero-order valence-corrected chi connectivity index (χ0v) is 14.1. The fraction of sp³-hybridized carbons (Fsp3) is 0.222. The van der Waals surface area contributed by atoms with Crippen molar-refractivity contribution in [1.29, 1.82) is 4.78 Å². The number of nitrogens with one attached hydrogen (secondary N) is 2. The molecule has 2 heterocycles. The minimum atomic E-state index is -2.70. The molecular formula is C18H16F2N3OS-. The van der Waals surface area contributed by atoms with Crippen molar-refractivity contribution in [3.05, 3.63) is 48.5 Å². The SMILES string of the molecule is N=[S-](=O)c1ccc(N2CCC(F)(F)C2)c(-c2cc3ccccc3[nH]2)c1. The van der Waals surface area contributed by atoms with E-state index in [2.05, 4.69) is 4.98 Å². The van der Waals surface area contributed by atoms with E-state index >= 15 is 0 Å². The van der Waals surface area contributed by atoms with Gasteiger partial charge in [0.25, 0.3) is 5.92 Å². The third-order valence-electron chi connectivity index (χ3n) is 4.51. The molecule has 0 amide bonds. The largest absolute Gasteiger partial charge is 0.440 e. The normalized spacial score (nSPS) is 16.8. The molecule has 0 bridgehead atoms. The summed E-state index contributed by atoms with van der Waals surface area (Å²) in [4.78, 5) is 5.29. The smallest absolute Gasteiger partial charge is 0.266 e. The fourth-order valence-corrected chi connectivity index (χ4v) is 3.70. The molecule has 1 fully saturated rings. The quantitative estimate of drug-likeness (QED) is 0.661. The van der Waals surface area contributed by atoms with Gasteiger partial charge in [-0.2, -0.15) is 10.6 Å². The fourth-order valence-electron chi connectivity index (χ4n) is 3.28. The highest BCUT2D eigenvalue weighted by Gasteiger charge is 2.38. The predicted octanol–water partition coefficient (Wildman–Crippen LogP) is 4.77. The average molecular weight is 360 g/mol. The van der Waals surface area contributed by atoms with E-state index in [0.717, 1.165) is 16.6 Å². The zero-order chi connectivity index (χ0) is 17.6. The van der Waals surface area contributed by atoms with Gasteiger partial charge < -0.3 is 18.9 Å². The summed E-state index contributed by atoms with van der Waals surface area (Å²) in [6, 6.07) is 14.6. The molecule has 3 aromatic rings. The maximum absolute atomic E-state index is 13.7. The zero-order valence-electron chi connectivity index (χ0n) is 13.3. The van der Waals surface area contributed by atoms with E-state index in [4.69, 9.17) is 4.78 Å². The van der Waals surface area contributed by atoms with E-state index in [1.165, 1.54) is 0 Å². The van der Waals surface area contributed by atoms with E-state index in [-0.39, 0.29) is 19.5 Å². The van der Waals surface area contributed by atoms with Gasteiger partial charge in [-0.3, -0.25) is 0 Å². The summed E-state index contributed by atoms with van der Waals surface area (Å²) in [5, 5.41) is 1.01. The predicted molar refractivity (Wildman–Crippen MR) is 94.5 cm³/mol. The van der Waals surface area contributed by atoms with E-state index in [1.54, 1.807) is 23.1 Å². The number of halogens is 2. The van der Waals surface area contributed by atoms with Crippen molar-refractivity contribution in [2.24, 2.45) is 0 Å². The molecule has 0 unspecified atom stereocenters. The number of aromatic amines is 1. The molecule has 1 aliphatic heterocycles. The molecule has 1 saturated heterocycles. The summed E-state index contributed by atoms with van der Waals surface area (Å²) >= 11 is 0. The number of benzene rings is 2. The minimum absolute atomic E-state index is 0.175. The van der Waals surface area contributed by atoms with Crippen molar-refractivity contribution in [2.75, 3.05) is 18.0 Å². The van der Waals surface area contributed by atoms with Crippen molar-refractivity contribution >= 4 is 27.2 Å². The topological polar surface area (TPSA) is 60.0 Å². The van der Waals surface area contributed by atoms with Gasteiger partial charge in [-0.1, -0.05) is 35.2 Å². The number of alkyl halides is 2. The minimum Gasteiger partial charge on any atom is -0.440 e. The Labute approximate surface area is 145 Å². The van der Waals surface area contributed by atoms with Crippen LogP contribution in [0.3, 0.4) is 0 Å². The summed E-state index contributed by atoms with van der Waals surface area (Å²) in [7, 11) is -1.89. The van der Waals surface area contributed by atoms with Gasteiger partial charge in [-0.05, 0) is 18.2 Å². The monoisotopic (exact) mass is 360 g/mol. The molecule has 0 radical (unpaired) electrons. The molecule has 1 aliphatic rings. The average Bonchev–Trinajstić information content (AvgIpc) is 3.17. The van der Waals surface area contributed by atoms with Crippen LogP contribution in [0.5, 0.6) is 0 Å². The number of para-hydroxylation sites is 1. The standard InChI is InChI=1S/C18H16F2N3OS/c19-18(20)7-8-23(11-18)17-6-5-13(25(21)24)10-14(17)16-9-12-3-1-2-4-15(12)22-16/h1-6,9-10,21-22H,7-8,11H2/q-1. The first-order chi connectivity index (χ1) is 11.9. The first-order valence-electron chi connectivity index (χ1n) is 7.91. The first-order valence-corrected chi connectivity index (χ1v) is 9.06. The van der Waals surface area contributed by atoms with Gasteiger partial charge in [-0.25, -0.2) is 8.78 Å². The highest BCUT2D eigenvalue weighted by atomic mass is 32.2. The second-order valence-corrected chi connectivity index (χ2v) is 7.25. The maximum Gasteiger partial charge on any atom is 0.266 e. The van der Waals surface area contributed by atoms with E-state index in [1.807, 2.05) is 30.3 Å². The lowest BCUT2D eigenvalue weighted by molar-refractivity contribution is 0.0257. The molecule has 4 nitrogen and oxygen atoms in total. The molecule has 2 N–H and O–H groups in total. The summed E-state index contributed by atoms with van der Waals surface area (Å²) in [5.74, 6) is -2.70. The van der Waals surface area contributed by atoms with Gasteiger partial charge in [0.15, 0.2) is 0 Å². The number of H-pyrrole nitrogens is 1. The summed E-state index contributed by atoms with van der Waals surface area (Å²) in [5.41, 5.74) is 3.05. The maximum atomic E-state index is 13.7. The summed E-state index contributed by atoms with van der Waals surface area (Å²) < 4.78 is 46.3. The van der Waals surface area contributed by atoms with Crippen LogP contribution < -0.4 is 4.90 Å². The Kier molecular flexibility index (Phi) is 3.76. The van der Waals surface area contributed by atoms with Gasteiger partial charge in [0, 0.05) is 40.8 Å². The van der Waals surface area contributed by atoms with Crippen molar-refractivity contribution in [3.8, 4) is 11.3 Å². The highest BCUT2D eigenvalue weighted by Crippen LogP contribution is 2.38. The van der Waals surface area contributed by atoms with Gasteiger partial charge >= 0.3 is 0 Å². The van der Waals surface area contributed by atoms with Crippen LogP contribution in [0.25, 0.3) is 22.2 Å². The first kappa shape index (κ1) is 16.1. The van der Waals surface area contributed by atoms with Gasteiger partial charge in [0.1, 0.15) is 0 Å². The molecule has 7 heteroatoms. The van der Waals surface area contributed by atoms with Crippen LogP contribution >= 0.6 is 0 Å². The molecule has 0 spiro atoms. The molecule has 0 atom stereocenters. The molecule has 4 rings (SSSR count). The van der Waals surface area contributed by atoms with Gasteiger partial charge in [0.05, 0.1) is 6.54 Å². The van der Waals surface area contributed by atoms with Gasteiger partial charge in [-0.15, -0.1) is 0 Å². The Morgan fingerprint density at radius 1 is 1.16 bits per heavy atom. The number of anilines is 1. The van der Waals surface area contributed by atoms with Crippen molar-refractivity contribution in [2.45, 2.75) is 17.2 Å². The van der Waals surface area contributed by atoms with Crippen LogP contribution in [-0.2, 0) is 14.8 Å². The Morgan fingerprint density at radius 3 is 2.64 bits per heavy atom. The van der Waals surface area contributed by atoms with Crippen molar-refractivity contribution in [3.63, 3.8) is 0 Å². The lowest BCUT2D eigenvalue weighted by Gasteiger charge is -2.22. The number of hydrogen-bond donors (Lipinski definition) is 2. The number of fused-ring (bicyclic) bond motifs is 1. The van der Waals surface area contributed by atoms with Crippen LogP contribution in [-0.4, -0.2) is 24.0 Å². The second-order valence-electron chi connectivity index (χ2n) is 6.25. The van der Waals surface area contributed by atoms with Crippen LogP contribution in [0.15, 0.2) is 53.4 Å².